The third-order valence-corrected chi connectivity index (χ3v) is 3.62. The normalized spacial score (nSPS) is 11.3. The molecule has 0 saturated heterocycles. The maximum Gasteiger partial charge on any atom is 0.244 e. The summed E-state index contributed by atoms with van der Waals surface area (Å²) in [4.78, 5) is 11.9. The highest BCUT2D eigenvalue weighted by Crippen LogP contribution is 2.10. The van der Waals surface area contributed by atoms with Crippen LogP contribution in [0.15, 0.2) is 58.1 Å². The first kappa shape index (κ1) is 15.4. The van der Waals surface area contributed by atoms with Gasteiger partial charge in [0.25, 0.3) is 0 Å². The van der Waals surface area contributed by atoms with E-state index in [-0.39, 0.29) is 5.91 Å². The average molecular weight is 345 g/mol. The molecule has 0 aliphatic heterocycles. The molecule has 2 aromatic rings. The number of carbonyl (C=O) groups excluding carboxylic acids is 1. The van der Waals surface area contributed by atoms with Crippen LogP contribution < -0.4 is 5.43 Å². The van der Waals surface area contributed by atoms with Crippen molar-refractivity contribution in [2.45, 2.75) is 20.3 Å². The van der Waals surface area contributed by atoms with Gasteiger partial charge in [-0.2, -0.15) is 5.10 Å². The largest absolute Gasteiger partial charge is 0.273 e. The van der Waals surface area contributed by atoms with Gasteiger partial charge >= 0.3 is 0 Å². The number of nitrogens with one attached hydrogen (secondary N) is 1. The molecule has 108 valence electrons. The van der Waals surface area contributed by atoms with Crippen molar-refractivity contribution in [3.05, 3.63) is 69.7 Å². The number of hydrazone groups is 1. The van der Waals surface area contributed by atoms with Crippen LogP contribution in [0.1, 0.15) is 23.6 Å². The summed E-state index contributed by atoms with van der Waals surface area (Å²) < 4.78 is 1.000. The van der Waals surface area contributed by atoms with Gasteiger partial charge in [-0.1, -0.05) is 57.9 Å². The molecule has 0 aromatic heterocycles. The Morgan fingerprint density at radius 2 is 1.71 bits per heavy atom. The molecule has 0 radical (unpaired) electrons. The molecule has 3 nitrogen and oxygen atoms in total. The minimum absolute atomic E-state index is 0.121. The van der Waals surface area contributed by atoms with Gasteiger partial charge in [-0.05, 0) is 37.1 Å². The summed E-state index contributed by atoms with van der Waals surface area (Å²) in [7, 11) is 0. The molecule has 0 bridgehead atoms. The highest BCUT2D eigenvalue weighted by molar-refractivity contribution is 9.10. The lowest BCUT2D eigenvalue weighted by Gasteiger charge is -2.04. The number of hydrogen-bond acceptors (Lipinski definition) is 2. The maximum atomic E-state index is 11.9. The van der Waals surface area contributed by atoms with Gasteiger partial charge < -0.3 is 0 Å². The smallest absolute Gasteiger partial charge is 0.244 e. The van der Waals surface area contributed by atoms with E-state index in [4.69, 9.17) is 0 Å². The van der Waals surface area contributed by atoms with E-state index in [1.165, 1.54) is 5.56 Å². The molecule has 2 aromatic carbocycles. The first-order valence-electron chi connectivity index (χ1n) is 6.69. The van der Waals surface area contributed by atoms with Crippen LogP contribution in [-0.2, 0) is 11.2 Å². The summed E-state index contributed by atoms with van der Waals surface area (Å²) in [6.45, 7) is 3.92. The van der Waals surface area contributed by atoms with Gasteiger partial charge in [-0.3, -0.25) is 4.79 Å². The zero-order valence-corrected chi connectivity index (χ0v) is 13.6. The molecule has 1 N–H and O–H groups in total. The Morgan fingerprint density at radius 1 is 1.10 bits per heavy atom. The molecule has 0 spiro atoms. The second-order valence-corrected chi connectivity index (χ2v) is 5.82. The Morgan fingerprint density at radius 3 is 2.33 bits per heavy atom. The SMILES string of the molecule is C/C(=N\NC(=O)Cc1ccc(Br)cc1)c1ccc(C)cc1. The van der Waals surface area contributed by atoms with Crippen LogP contribution in [0, 0.1) is 6.92 Å². The number of nitrogens with zero attached hydrogens (tertiary/aromatic N) is 1. The Balaban J connectivity index is 1.94. The number of aryl methyl sites for hydroxylation is 1. The summed E-state index contributed by atoms with van der Waals surface area (Å²) in [5.74, 6) is -0.121. The highest BCUT2D eigenvalue weighted by Gasteiger charge is 2.03. The molecule has 0 fully saturated rings. The van der Waals surface area contributed by atoms with Gasteiger partial charge in [0.1, 0.15) is 0 Å². The van der Waals surface area contributed by atoms with E-state index in [2.05, 4.69) is 26.5 Å². The molecule has 1 amide bonds. The first-order valence-corrected chi connectivity index (χ1v) is 7.48. The Labute approximate surface area is 133 Å². The first-order chi connectivity index (χ1) is 10.0. The molecule has 0 saturated carbocycles. The van der Waals surface area contributed by atoms with Gasteiger partial charge in [-0.15, -0.1) is 0 Å². The van der Waals surface area contributed by atoms with Crippen LogP contribution in [0.2, 0.25) is 0 Å². The molecular weight excluding hydrogens is 328 g/mol. The summed E-state index contributed by atoms with van der Waals surface area (Å²) in [6, 6.07) is 15.7. The predicted molar refractivity (Wildman–Crippen MR) is 89.4 cm³/mol. The van der Waals surface area contributed by atoms with Crippen molar-refractivity contribution in [1.82, 2.24) is 5.43 Å². The maximum absolute atomic E-state index is 11.9. The fourth-order valence-corrected chi connectivity index (χ4v) is 2.10. The van der Waals surface area contributed by atoms with Gasteiger partial charge in [0.15, 0.2) is 0 Å². The van der Waals surface area contributed by atoms with Crippen LogP contribution in [-0.4, -0.2) is 11.6 Å². The van der Waals surface area contributed by atoms with E-state index in [0.717, 1.165) is 21.3 Å². The quantitative estimate of drug-likeness (QED) is 0.664. The van der Waals surface area contributed by atoms with Crippen molar-refractivity contribution in [1.29, 1.82) is 0 Å². The molecule has 0 aliphatic rings. The van der Waals surface area contributed by atoms with Gasteiger partial charge in [-0.25, -0.2) is 5.43 Å². The summed E-state index contributed by atoms with van der Waals surface area (Å²) in [5, 5.41) is 4.15. The van der Waals surface area contributed by atoms with Crippen molar-refractivity contribution >= 4 is 27.5 Å². The molecule has 21 heavy (non-hydrogen) atoms. The van der Waals surface area contributed by atoms with Crippen molar-refractivity contribution in [2.75, 3.05) is 0 Å². The minimum atomic E-state index is -0.121. The van der Waals surface area contributed by atoms with Crippen molar-refractivity contribution in [3.8, 4) is 0 Å². The topological polar surface area (TPSA) is 41.5 Å². The monoisotopic (exact) mass is 344 g/mol. The Hall–Kier alpha value is -1.94. The molecule has 0 aliphatic carbocycles. The van der Waals surface area contributed by atoms with E-state index in [1.807, 2.05) is 62.4 Å². The molecule has 0 heterocycles. The number of amides is 1. The number of benzene rings is 2. The zero-order valence-electron chi connectivity index (χ0n) is 12.1. The van der Waals surface area contributed by atoms with Crippen LogP contribution in [0.3, 0.4) is 0 Å². The lowest BCUT2D eigenvalue weighted by molar-refractivity contribution is -0.120. The van der Waals surface area contributed by atoms with Crippen molar-refractivity contribution in [3.63, 3.8) is 0 Å². The van der Waals surface area contributed by atoms with Gasteiger partial charge in [0.2, 0.25) is 5.91 Å². The van der Waals surface area contributed by atoms with Crippen LogP contribution in [0.5, 0.6) is 0 Å². The fourth-order valence-electron chi connectivity index (χ4n) is 1.83. The van der Waals surface area contributed by atoms with Crippen molar-refractivity contribution < 1.29 is 4.79 Å². The number of hydrogen-bond donors (Lipinski definition) is 1. The molecule has 2 rings (SSSR count). The van der Waals surface area contributed by atoms with E-state index in [9.17, 15) is 4.79 Å². The average Bonchev–Trinajstić information content (AvgIpc) is 2.48. The van der Waals surface area contributed by atoms with Gasteiger partial charge in [0, 0.05) is 4.47 Å². The molecule has 0 atom stereocenters. The summed E-state index contributed by atoms with van der Waals surface area (Å²) in [6.07, 6.45) is 0.317. The third-order valence-electron chi connectivity index (χ3n) is 3.10. The molecular formula is C17H17BrN2O. The van der Waals surface area contributed by atoms with Gasteiger partial charge in [0.05, 0.1) is 12.1 Å². The van der Waals surface area contributed by atoms with E-state index < -0.39 is 0 Å². The van der Waals surface area contributed by atoms with Crippen LogP contribution in [0.25, 0.3) is 0 Å². The number of carbonyl (C=O) groups is 1. The Kier molecular flexibility index (Phi) is 5.28. The van der Waals surface area contributed by atoms with E-state index >= 15 is 0 Å². The summed E-state index contributed by atoms with van der Waals surface area (Å²) in [5.41, 5.74) is 6.55. The summed E-state index contributed by atoms with van der Waals surface area (Å²) >= 11 is 3.37. The second-order valence-electron chi connectivity index (χ2n) is 4.90. The minimum Gasteiger partial charge on any atom is -0.273 e. The van der Waals surface area contributed by atoms with E-state index in [0.29, 0.717) is 6.42 Å². The lowest BCUT2D eigenvalue weighted by Crippen LogP contribution is -2.21. The fraction of sp³-hybridized carbons (Fsp3) is 0.176. The standard InChI is InChI=1S/C17H17BrN2O/c1-12-3-7-15(8-4-12)13(2)19-20-17(21)11-14-5-9-16(18)10-6-14/h3-10H,11H2,1-2H3,(H,20,21)/b19-13+. The second kappa shape index (κ2) is 7.18. The van der Waals surface area contributed by atoms with Crippen LogP contribution >= 0.6 is 15.9 Å². The lowest BCUT2D eigenvalue weighted by atomic mass is 10.1. The highest BCUT2D eigenvalue weighted by atomic mass is 79.9. The van der Waals surface area contributed by atoms with E-state index in [1.54, 1.807) is 0 Å². The zero-order chi connectivity index (χ0) is 15.2. The Bertz CT molecular complexity index is 645. The number of rotatable bonds is 4. The third kappa shape index (κ3) is 4.83. The van der Waals surface area contributed by atoms with Crippen molar-refractivity contribution in [2.24, 2.45) is 5.10 Å². The molecule has 0 unspecified atom stereocenters. The predicted octanol–water partition coefficient (Wildman–Crippen LogP) is 3.84. The van der Waals surface area contributed by atoms with Crippen LogP contribution in [0.4, 0.5) is 0 Å². The molecule has 4 heteroatoms. The number of halogens is 1.